The van der Waals surface area contributed by atoms with E-state index in [0.717, 1.165) is 5.39 Å². The minimum absolute atomic E-state index is 0.256. The van der Waals surface area contributed by atoms with Crippen molar-refractivity contribution in [3.05, 3.63) is 58.8 Å². The van der Waals surface area contributed by atoms with E-state index in [4.69, 9.17) is 25.5 Å². The highest BCUT2D eigenvalue weighted by Crippen LogP contribution is 2.33. The van der Waals surface area contributed by atoms with E-state index in [0.29, 0.717) is 29.4 Å². The zero-order chi connectivity index (χ0) is 17.1. The minimum Gasteiger partial charge on any atom is -0.465 e. The number of halogens is 1. The Balaban J connectivity index is 1.92. The van der Waals surface area contributed by atoms with Gasteiger partial charge in [0.1, 0.15) is 18.1 Å². The Morgan fingerprint density at radius 3 is 2.71 bits per heavy atom. The van der Waals surface area contributed by atoms with Gasteiger partial charge in [-0.05, 0) is 24.3 Å². The van der Waals surface area contributed by atoms with E-state index in [2.05, 4.69) is 4.74 Å². The van der Waals surface area contributed by atoms with Crippen molar-refractivity contribution >= 4 is 28.5 Å². The van der Waals surface area contributed by atoms with Crippen molar-refractivity contribution in [2.45, 2.75) is 6.61 Å². The van der Waals surface area contributed by atoms with Crippen molar-refractivity contribution in [2.75, 3.05) is 14.2 Å². The number of rotatable bonds is 5. The fraction of sp³-hybridized carbons (Fsp3) is 0.167. The number of furan rings is 1. The molecule has 0 radical (unpaired) electrons. The molecule has 0 aliphatic carbocycles. The number of hydrogen-bond donors (Lipinski definition) is 0. The Morgan fingerprint density at radius 2 is 2.00 bits per heavy atom. The number of carbonyl (C=O) groups is 1. The van der Waals surface area contributed by atoms with Crippen LogP contribution < -0.4 is 4.74 Å². The Hall–Kier alpha value is -2.50. The van der Waals surface area contributed by atoms with E-state index >= 15 is 0 Å². The number of methoxy groups -OCH3 is 2. The highest BCUT2D eigenvalue weighted by Gasteiger charge is 2.14. The van der Waals surface area contributed by atoms with Gasteiger partial charge in [-0.3, -0.25) is 0 Å². The molecule has 1 heterocycles. The van der Waals surface area contributed by atoms with E-state index in [1.54, 1.807) is 31.4 Å². The Labute approximate surface area is 143 Å². The van der Waals surface area contributed by atoms with E-state index in [9.17, 15) is 4.79 Å². The molecule has 3 rings (SSSR count). The Kier molecular flexibility index (Phi) is 4.74. The largest absolute Gasteiger partial charge is 0.465 e. The molecule has 0 saturated heterocycles. The zero-order valence-electron chi connectivity index (χ0n) is 13.2. The van der Waals surface area contributed by atoms with E-state index in [1.807, 2.05) is 18.2 Å². The molecule has 0 unspecified atom stereocenters. The minimum atomic E-state index is -0.496. The maximum atomic E-state index is 11.6. The number of ether oxygens (including phenoxy) is 3. The van der Waals surface area contributed by atoms with Crippen LogP contribution in [-0.4, -0.2) is 20.2 Å². The van der Waals surface area contributed by atoms with E-state index in [1.165, 1.54) is 7.11 Å². The van der Waals surface area contributed by atoms with Crippen LogP contribution in [0.5, 0.6) is 11.5 Å². The maximum Gasteiger partial charge on any atom is 0.339 e. The number of para-hydroxylation sites is 1. The predicted octanol–water partition coefficient (Wildman–Crippen LogP) is 4.81. The molecule has 6 heteroatoms. The van der Waals surface area contributed by atoms with Gasteiger partial charge in [-0.1, -0.05) is 23.7 Å². The van der Waals surface area contributed by atoms with Crippen LogP contribution in [0.1, 0.15) is 16.1 Å². The van der Waals surface area contributed by atoms with Gasteiger partial charge in [-0.25, -0.2) is 4.79 Å². The lowest BCUT2D eigenvalue weighted by molar-refractivity contribution is 0.0601. The second kappa shape index (κ2) is 6.95. The van der Waals surface area contributed by atoms with Gasteiger partial charge >= 0.3 is 5.97 Å². The van der Waals surface area contributed by atoms with Crippen molar-refractivity contribution in [2.24, 2.45) is 0 Å². The first-order chi connectivity index (χ1) is 11.6. The standard InChI is InChI=1S/C18H15ClO5/c1-21-10-13-8-11-4-3-5-16(17(11)24-13)23-12-6-7-14(15(19)9-12)18(20)22-2/h3-9H,10H2,1-2H3. The summed E-state index contributed by atoms with van der Waals surface area (Å²) in [6.07, 6.45) is 0. The van der Waals surface area contributed by atoms with Crippen molar-refractivity contribution in [1.29, 1.82) is 0 Å². The third-order valence-electron chi connectivity index (χ3n) is 3.42. The van der Waals surface area contributed by atoms with E-state index < -0.39 is 5.97 Å². The normalized spacial score (nSPS) is 10.8. The average Bonchev–Trinajstić information content (AvgIpc) is 2.98. The second-order valence-corrected chi connectivity index (χ2v) is 5.46. The summed E-state index contributed by atoms with van der Waals surface area (Å²) in [6, 6.07) is 12.3. The third kappa shape index (κ3) is 3.22. The molecule has 0 fully saturated rings. The van der Waals surface area contributed by atoms with Gasteiger partial charge in [0, 0.05) is 18.6 Å². The first kappa shape index (κ1) is 16.4. The summed E-state index contributed by atoms with van der Waals surface area (Å²) in [6.45, 7) is 0.383. The third-order valence-corrected chi connectivity index (χ3v) is 3.73. The maximum absolute atomic E-state index is 11.6. The lowest BCUT2D eigenvalue weighted by atomic mass is 10.2. The predicted molar refractivity (Wildman–Crippen MR) is 89.8 cm³/mol. The molecule has 0 amide bonds. The molecular weight excluding hydrogens is 332 g/mol. The topological polar surface area (TPSA) is 57.9 Å². The van der Waals surface area contributed by atoms with Gasteiger partial charge in [0.15, 0.2) is 11.3 Å². The molecule has 0 atom stereocenters. The molecule has 5 nitrogen and oxygen atoms in total. The van der Waals surface area contributed by atoms with Crippen LogP contribution in [0, 0.1) is 0 Å². The summed E-state index contributed by atoms with van der Waals surface area (Å²) in [5.74, 6) is 1.26. The fourth-order valence-electron chi connectivity index (χ4n) is 2.35. The van der Waals surface area contributed by atoms with Gasteiger partial charge in [0.25, 0.3) is 0 Å². The fourth-order valence-corrected chi connectivity index (χ4v) is 2.59. The highest BCUT2D eigenvalue weighted by molar-refractivity contribution is 6.33. The van der Waals surface area contributed by atoms with Crippen molar-refractivity contribution < 1.29 is 23.4 Å². The molecule has 24 heavy (non-hydrogen) atoms. The van der Waals surface area contributed by atoms with Crippen LogP contribution >= 0.6 is 11.6 Å². The van der Waals surface area contributed by atoms with Crippen molar-refractivity contribution in [3.8, 4) is 11.5 Å². The quantitative estimate of drug-likeness (QED) is 0.620. The summed E-state index contributed by atoms with van der Waals surface area (Å²) in [5, 5.41) is 1.17. The smallest absolute Gasteiger partial charge is 0.339 e. The number of benzene rings is 2. The molecule has 2 aromatic carbocycles. The molecule has 124 valence electrons. The number of hydrogen-bond acceptors (Lipinski definition) is 5. The molecule has 0 aliphatic heterocycles. The average molecular weight is 347 g/mol. The van der Waals surface area contributed by atoms with Gasteiger partial charge < -0.3 is 18.6 Å². The molecule has 0 spiro atoms. The van der Waals surface area contributed by atoms with Gasteiger partial charge in [0.05, 0.1) is 17.7 Å². The van der Waals surface area contributed by atoms with E-state index in [-0.39, 0.29) is 10.6 Å². The van der Waals surface area contributed by atoms with Crippen LogP contribution in [0.4, 0.5) is 0 Å². The number of fused-ring (bicyclic) bond motifs is 1. The van der Waals surface area contributed by atoms with Crippen LogP contribution in [-0.2, 0) is 16.1 Å². The Bertz CT molecular complexity index is 884. The zero-order valence-corrected chi connectivity index (χ0v) is 13.9. The van der Waals surface area contributed by atoms with Crippen molar-refractivity contribution in [3.63, 3.8) is 0 Å². The van der Waals surface area contributed by atoms with Crippen molar-refractivity contribution in [1.82, 2.24) is 0 Å². The van der Waals surface area contributed by atoms with Gasteiger partial charge in [-0.15, -0.1) is 0 Å². The summed E-state index contributed by atoms with van der Waals surface area (Å²) < 4.78 is 21.4. The van der Waals surface area contributed by atoms with Gasteiger partial charge in [-0.2, -0.15) is 0 Å². The van der Waals surface area contributed by atoms with Crippen LogP contribution in [0.2, 0.25) is 5.02 Å². The second-order valence-electron chi connectivity index (χ2n) is 5.06. The lowest BCUT2D eigenvalue weighted by Crippen LogP contribution is -2.01. The van der Waals surface area contributed by atoms with Crippen LogP contribution in [0.25, 0.3) is 11.0 Å². The SMILES string of the molecule is COCc1cc2cccc(Oc3ccc(C(=O)OC)c(Cl)c3)c2o1. The first-order valence-electron chi connectivity index (χ1n) is 7.18. The number of esters is 1. The lowest BCUT2D eigenvalue weighted by Gasteiger charge is -2.08. The molecule has 0 N–H and O–H groups in total. The summed E-state index contributed by atoms with van der Waals surface area (Å²) in [7, 11) is 2.91. The molecule has 0 saturated carbocycles. The summed E-state index contributed by atoms with van der Waals surface area (Å²) in [4.78, 5) is 11.6. The van der Waals surface area contributed by atoms with Crippen LogP contribution in [0.15, 0.2) is 46.9 Å². The first-order valence-corrected chi connectivity index (χ1v) is 7.56. The molecule has 1 aromatic heterocycles. The monoisotopic (exact) mass is 346 g/mol. The molecule has 0 aliphatic rings. The molecule has 0 bridgehead atoms. The summed E-state index contributed by atoms with van der Waals surface area (Å²) in [5.41, 5.74) is 0.905. The van der Waals surface area contributed by atoms with Gasteiger partial charge in [0.2, 0.25) is 0 Å². The highest BCUT2D eigenvalue weighted by atomic mass is 35.5. The van der Waals surface area contributed by atoms with Crippen LogP contribution in [0.3, 0.4) is 0 Å². The summed E-state index contributed by atoms with van der Waals surface area (Å²) >= 11 is 6.11. The molecular formula is C18H15ClO5. The Morgan fingerprint density at radius 1 is 1.17 bits per heavy atom. The number of carbonyl (C=O) groups excluding carboxylic acids is 1. The molecule has 3 aromatic rings.